The summed E-state index contributed by atoms with van der Waals surface area (Å²) >= 11 is 0. The summed E-state index contributed by atoms with van der Waals surface area (Å²) in [4.78, 5) is 18.7. The Morgan fingerprint density at radius 1 is 1.20 bits per heavy atom. The first kappa shape index (κ1) is 16.1. The average Bonchev–Trinajstić information content (AvgIpc) is 3.35. The molecule has 134 valence electrons. The monoisotopic (exact) mass is 343 g/mol. The predicted molar refractivity (Wildman–Crippen MR) is 93.3 cm³/mol. The van der Waals surface area contributed by atoms with Crippen molar-refractivity contribution in [2.45, 2.75) is 56.9 Å². The van der Waals surface area contributed by atoms with E-state index in [4.69, 9.17) is 0 Å². The normalized spacial score (nSPS) is 22.1. The molecule has 2 fully saturated rings. The van der Waals surface area contributed by atoms with Gasteiger partial charge in [0.25, 0.3) is 0 Å². The lowest BCUT2D eigenvalue weighted by Gasteiger charge is -2.31. The van der Waals surface area contributed by atoms with Crippen LogP contribution in [0.4, 0.5) is 10.7 Å². The second kappa shape index (κ2) is 7.25. The van der Waals surface area contributed by atoms with E-state index in [0.29, 0.717) is 24.5 Å². The van der Waals surface area contributed by atoms with Gasteiger partial charge in [0.15, 0.2) is 0 Å². The van der Waals surface area contributed by atoms with Gasteiger partial charge in [-0.2, -0.15) is 5.10 Å². The van der Waals surface area contributed by atoms with Crippen LogP contribution < -0.4 is 5.32 Å². The number of hydrogen-bond donors (Lipinski definition) is 2. The van der Waals surface area contributed by atoms with Crippen LogP contribution in [0.25, 0.3) is 0 Å². The van der Waals surface area contributed by atoms with E-state index in [0.717, 1.165) is 37.9 Å². The summed E-state index contributed by atoms with van der Waals surface area (Å²) in [6.45, 7) is 1.46. The molecule has 1 saturated carbocycles. The molecule has 1 unspecified atom stereocenters. The molecule has 0 radical (unpaired) electrons. The number of piperidine rings is 1. The van der Waals surface area contributed by atoms with Crippen LogP contribution in [-0.4, -0.2) is 49.0 Å². The number of urea groups is 1. The first-order chi connectivity index (χ1) is 12.3. The van der Waals surface area contributed by atoms with Crippen molar-refractivity contribution in [1.29, 1.82) is 0 Å². The minimum atomic E-state index is -0.120. The molecule has 8 heteroatoms. The number of carbonyl (C=O) groups is 1. The molecule has 4 rings (SSSR count). The number of amides is 2. The third kappa shape index (κ3) is 3.67. The molecule has 1 aliphatic carbocycles. The highest BCUT2D eigenvalue weighted by atomic mass is 16.2. The predicted octanol–water partition coefficient (Wildman–Crippen LogP) is 2.92. The fourth-order valence-corrected chi connectivity index (χ4v) is 3.94. The van der Waals surface area contributed by atoms with E-state index in [1.807, 2.05) is 15.6 Å². The molecule has 0 spiro atoms. The topological polar surface area (TPSA) is 91.7 Å². The molecule has 8 nitrogen and oxygen atoms in total. The van der Waals surface area contributed by atoms with Gasteiger partial charge in [-0.1, -0.05) is 19.3 Å². The number of nitrogens with zero attached hydrogens (tertiary/aromatic N) is 5. The van der Waals surface area contributed by atoms with Gasteiger partial charge < -0.3 is 4.90 Å². The zero-order valence-corrected chi connectivity index (χ0v) is 14.4. The molecule has 2 amide bonds. The Morgan fingerprint density at radius 2 is 2.08 bits per heavy atom. The van der Waals surface area contributed by atoms with Crippen LogP contribution in [-0.2, 0) is 0 Å². The molecule has 3 heterocycles. The van der Waals surface area contributed by atoms with Gasteiger partial charge in [0.05, 0.1) is 6.04 Å². The van der Waals surface area contributed by atoms with Crippen LogP contribution in [0.3, 0.4) is 0 Å². The number of carbonyl (C=O) groups excluding carboxylic acids is 1. The van der Waals surface area contributed by atoms with Crippen molar-refractivity contribution < 1.29 is 4.79 Å². The maximum absolute atomic E-state index is 12.6. The van der Waals surface area contributed by atoms with Crippen LogP contribution in [0.2, 0.25) is 0 Å². The van der Waals surface area contributed by atoms with E-state index in [9.17, 15) is 4.79 Å². The zero-order valence-electron chi connectivity index (χ0n) is 14.4. The Morgan fingerprint density at radius 3 is 2.88 bits per heavy atom. The van der Waals surface area contributed by atoms with Gasteiger partial charge in [0.2, 0.25) is 5.95 Å². The summed E-state index contributed by atoms with van der Waals surface area (Å²) in [5.41, 5.74) is 1.09. The Balaban J connectivity index is 1.36. The number of hydrogen-bond acceptors (Lipinski definition) is 4. The van der Waals surface area contributed by atoms with E-state index in [2.05, 4.69) is 25.6 Å². The van der Waals surface area contributed by atoms with E-state index < -0.39 is 0 Å². The smallest absolute Gasteiger partial charge is 0.324 e. The van der Waals surface area contributed by atoms with Crippen molar-refractivity contribution in [3.05, 3.63) is 24.3 Å². The Hall–Kier alpha value is -2.38. The first-order valence-corrected chi connectivity index (χ1v) is 9.26. The number of aromatic amines is 1. The number of H-pyrrole nitrogens is 1. The van der Waals surface area contributed by atoms with Gasteiger partial charge in [0.1, 0.15) is 6.33 Å². The van der Waals surface area contributed by atoms with Crippen LogP contribution >= 0.6 is 0 Å². The quantitative estimate of drug-likeness (QED) is 0.896. The maximum Gasteiger partial charge on any atom is 0.324 e. The largest absolute Gasteiger partial charge is 0.324 e. The fraction of sp³-hybridized carbons (Fsp3) is 0.647. The molecule has 25 heavy (non-hydrogen) atoms. The summed E-state index contributed by atoms with van der Waals surface area (Å²) in [6, 6.07) is 2.29. The van der Waals surface area contributed by atoms with E-state index in [-0.39, 0.29) is 6.03 Å². The lowest BCUT2D eigenvalue weighted by atomic mass is 9.95. The highest BCUT2D eigenvalue weighted by Gasteiger charge is 2.26. The summed E-state index contributed by atoms with van der Waals surface area (Å²) in [5, 5.41) is 14.4. The Bertz CT molecular complexity index is 690. The van der Waals surface area contributed by atoms with Crippen molar-refractivity contribution in [3.63, 3.8) is 0 Å². The van der Waals surface area contributed by atoms with Gasteiger partial charge in [-0.3, -0.25) is 10.4 Å². The van der Waals surface area contributed by atoms with E-state index in [1.54, 1.807) is 12.5 Å². The van der Waals surface area contributed by atoms with Crippen molar-refractivity contribution in [3.8, 4) is 0 Å². The van der Waals surface area contributed by atoms with Crippen molar-refractivity contribution in [2.24, 2.45) is 0 Å². The van der Waals surface area contributed by atoms with Crippen LogP contribution in [0.15, 0.2) is 18.6 Å². The van der Waals surface area contributed by atoms with Crippen LogP contribution in [0, 0.1) is 0 Å². The highest BCUT2D eigenvalue weighted by Crippen LogP contribution is 2.28. The van der Waals surface area contributed by atoms with E-state index >= 15 is 0 Å². The van der Waals surface area contributed by atoms with Gasteiger partial charge in [-0.25, -0.2) is 14.5 Å². The zero-order chi connectivity index (χ0) is 17.1. The molecule has 2 N–H and O–H groups in total. The summed E-state index contributed by atoms with van der Waals surface area (Å²) in [7, 11) is 0. The number of likely N-dealkylation sites (tertiary alicyclic amines) is 1. The van der Waals surface area contributed by atoms with Crippen molar-refractivity contribution >= 4 is 12.0 Å². The molecular weight excluding hydrogens is 318 g/mol. The SMILES string of the molecule is O=C(Nc1ncn(C2CCCCC2)n1)N1CCCC(c2ccn[nH]2)C1. The molecule has 2 aromatic heterocycles. The summed E-state index contributed by atoms with van der Waals surface area (Å²) < 4.78 is 1.92. The molecule has 1 atom stereocenters. The second-order valence-electron chi connectivity index (χ2n) is 7.07. The average molecular weight is 343 g/mol. The molecule has 1 saturated heterocycles. The number of aromatic nitrogens is 5. The number of nitrogens with one attached hydrogen (secondary N) is 2. The maximum atomic E-state index is 12.6. The van der Waals surface area contributed by atoms with Crippen LogP contribution in [0.5, 0.6) is 0 Å². The molecule has 0 aromatic carbocycles. The second-order valence-corrected chi connectivity index (χ2v) is 7.07. The lowest BCUT2D eigenvalue weighted by molar-refractivity contribution is 0.192. The van der Waals surface area contributed by atoms with Gasteiger partial charge in [-0.05, 0) is 31.7 Å². The number of anilines is 1. The minimum Gasteiger partial charge on any atom is -0.324 e. The van der Waals surface area contributed by atoms with Crippen molar-refractivity contribution in [2.75, 3.05) is 18.4 Å². The Kier molecular flexibility index (Phi) is 4.67. The van der Waals surface area contributed by atoms with Gasteiger partial charge in [0, 0.05) is 30.9 Å². The highest BCUT2D eigenvalue weighted by molar-refractivity contribution is 5.87. The van der Waals surface area contributed by atoms with Gasteiger partial charge >= 0.3 is 6.03 Å². The number of rotatable bonds is 3. The third-order valence-electron chi connectivity index (χ3n) is 5.35. The molecular formula is C17H25N7O. The van der Waals surface area contributed by atoms with E-state index in [1.165, 1.54) is 19.3 Å². The molecule has 2 aliphatic rings. The lowest BCUT2D eigenvalue weighted by Crippen LogP contribution is -2.41. The summed E-state index contributed by atoms with van der Waals surface area (Å²) in [6.07, 6.45) is 11.7. The molecule has 2 aromatic rings. The summed E-state index contributed by atoms with van der Waals surface area (Å²) in [5.74, 6) is 0.717. The van der Waals surface area contributed by atoms with Crippen LogP contribution in [0.1, 0.15) is 62.6 Å². The Labute approximate surface area is 147 Å². The third-order valence-corrected chi connectivity index (χ3v) is 5.35. The van der Waals surface area contributed by atoms with Gasteiger partial charge in [-0.15, -0.1) is 5.10 Å². The first-order valence-electron chi connectivity index (χ1n) is 9.26. The molecule has 0 bridgehead atoms. The van der Waals surface area contributed by atoms with Crippen molar-refractivity contribution in [1.82, 2.24) is 29.9 Å². The minimum absolute atomic E-state index is 0.120. The fourth-order valence-electron chi connectivity index (χ4n) is 3.94. The molecule has 1 aliphatic heterocycles. The standard InChI is InChI=1S/C17H25N7O/c25-17(23-10-4-5-13(11-23)15-8-9-19-21-15)20-16-18-12-24(22-16)14-6-2-1-3-7-14/h8-9,12-14H,1-7,10-11H2,(H,19,21)(H,20,22,25).